The number of nitrogens with zero attached hydrogens (tertiary/aromatic N) is 3. The van der Waals surface area contributed by atoms with E-state index >= 15 is 0 Å². The van der Waals surface area contributed by atoms with Crippen molar-refractivity contribution in [1.29, 1.82) is 0 Å². The Labute approximate surface area is 194 Å². The summed E-state index contributed by atoms with van der Waals surface area (Å²) < 4.78 is 11.2. The summed E-state index contributed by atoms with van der Waals surface area (Å²) in [5.41, 5.74) is 0.963. The summed E-state index contributed by atoms with van der Waals surface area (Å²) in [6, 6.07) is 9.50. The van der Waals surface area contributed by atoms with E-state index in [1.165, 1.54) is 11.3 Å². The molecule has 0 N–H and O–H groups in total. The highest BCUT2D eigenvalue weighted by atomic mass is 32.1. The minimum Gasteiger partial charge on any atom is -0.486 e. The zero-order chi connectivity index (χ0) is 22.9. The standard InChI is InChI=1S/C23H23N3O6S/c27-20-5-6-21(28)26(20)14-22(29)24-7-9-25(10-8-24)23(30)19-4-3-18(33-19)15-1-2-16-17(13-15)32-12-11-31-16/h1-4,13H,5-12,14H2. The van der Waals surface area contributed by atoms with Gasteiger partial charge in [-0.3, -0.25) is 24.1 Å². The Bertz CT molecular complexity index is 1110. The minimum absolute atomic E-state index is 0.0687. The van der Waals surface area contributed by atoms with E-state index in [9.17, 15) is 19.2 Å². The topological polar surface area (TPSA) is 96.5 Å². The Morgan fingerprint density at radius 3 is 2.24 bits per heavy atom. The van der Waals surface area contributed by atoms with E-state index in [-0.39, 0.29) is 43.0 Å². The van der Waals surface area contributed by atoms with Crippen LogP contribution < -0.4 is 9.47 Å². The zero-order valence-corrected chi connectivity index (χ0v) is 18.8. The van der Waals surface area contributed by atoms with Crippen LogP contribution in [0, 0.1) is 0 Å². The first-order valence-electron chi connectivity index (χ1n) is 10.9. The Kier molecular flexibility index (Phi) is 5.76. The molecule has 172 valence electrons. The Balaban J connectivity index is 1.19. The summed E-state index contributed by atoms with van der Waals surface area (Å²) in [6.45, 7) is 2.41. The van der Waals surface area contributed by atoms with Gasteiger partial charge in [0.05, 0.1) is 4.88 Å². The fourth-order valence-corrected chi connectivity index (χ4v) is 5.12. The van der Waals surface area contributed by atoms with Gasteiger partial charge in [-0.05, 0) is 35.9 Å². The number of carbonyl (C=O) groups is 4. The number of rotatable bonds is 4. The number of ether oxygens (including phenoxy) is 2. The fraction of sp³-hybridized carbons (Fsp3) is 0.391. The second-order valence-electron chi connectivity index (χ2n) is 8.07. The molecule has 0 atom stereocenters. The predicted octanol–water partition coefficient (Wildman–Crippen LogP) is 1.62. The largest absolute Gasteiger partial charge is 0.486 e. The van der Waals surface area contributed by atoms with Crippen molar-refractivity contribution in [2.75, 3.05) is 45.9 Å². The molecule has 4 amide bonds. The third-order valence-corrected chi connectivity index (χ3v) is 7.13. The van der Waals surface area contributed by atoms with Crippen molar-refractivity contribution in [2.45, 2.75) is 12.8 Å². The number of hydrogen-bond acceptors (Lipinski definition) is 7. The van der Waals surface area contributed by atoms with Crippen LogP contribution in [0.3, 0.4) is 0 Å². The lowest BCUT2D eigenvalue weighted by molar-refractivity contribution is -0.146. The van der Waals surface area contributed by atoms with Gasteiger partial charge in [0.1, 0.15) is 19.8 Å². The van der Waals surface area contributed by atoms with Crippen LogP contribution in [0.25, 0.3) is 10.4 Å². The molecule has 2 saturated heterocycles. The molecule has 0 bridgehead atoms. The fourth-order valence-electron chi connectivity index (χ4n) is 4.15. The van der Waals surface area contributed by atoms with Gasteiger partial charge in [-0.1, -0.05) is 0 Å². The van der Waals surface area contributed by atoms with Crippen molar-refractivity contribution in [1.82, 2.24) is 14.7 Å². The molecule has 2 aromatic rings. The van der Waals surface area contributed by atoms with Crippen LogP contribution in [0.15, 0.2) is 30.3 Å². The first kappa shape index (κ1) is 21.4. The summed E-state index contributed by atoms with van der Waals surface area (Å²) >= 11 is 1.42. The molecule has 1 aromatic carbocycles. The quantitative estimate of drug-likeness (QED) is 0.632. The molecule has 1 aromatic heterocycles. The first-order valence-corrected chi connectivity index (χ1v) is 11.7. The average molecular weight is 470 g/mol. The third kappa shape index (κ3) is 4.30. The van der Waals surface area contributed by atoms with Crippen LogP contribution in [-0.2, 0) is 14.4 Å². The van der Waals surface area contributed by atoms with Gasteiger partial charge in [-0.25, -0.2) is 0 Å². The summed E-state index contributed by atoms with van der Waals surface area (Å²) in [6.07, 6.45) is 0.340. The number of imide groups is 1. The van der Waals surface area contributed by atoms with Crippen molar-refractivity contribution in [3.63, 3.8) is 0 Å². The highest BCUT2D eigenvalue weighted by Crippen LogP contribution is 2.37. The molecule has 33 heavy (non-hydrogen) atoms. The van der Waals surface area contributed by atoms with Crippen molar-refractivity contribution in [3.8, 4) is 21.9 Å². The Hall–Kier alpha value is -3.40. The van der Waals surface area contributed by atoms with E-state index in [1.807, 2.05) is 30.3 Å². The number of amides is 4. The number of thiophene rings is 1. The van der Waals surface area contributed by atoms with Gasteiger partial charge in [0, 0.05) is 43.9 Å². The minimum atomic E-state index is -0.298. The number of piperazine rings is 1. The first-order chi connectivity index (χ1) is 16.0. The molecule has 9 nitrogen and oxygen atoms in total. The van der Waals surface area contributed by atoms with Gasteiger partial charge in [0.2, 0.25) is 17.7 Å². The van der Waals surface area contributed by atoms with Crippen LogP contribution >= 0.6 is 11.3 Å². The summed E-state index contributed by atoms with van der Waals surface area (Å²) in [7, 11) is 0. The van der Waals surface area contributed by atoms with Crippen molar-refractivity contribution >= 4 is 35.0 Å². The average Bonchev–Trinajstić information content (AvgIpc) is 3.46. The number of fused-ring (bicyclic) bond motifs is 1. The van der Waals surface area contributed by atoms with Gasteiger partial charge in [0.25, 0.3) is 5.91 Å². The van der Waals surface area contributed by atoms with Crippen LogP contribution in [0.1, 0.15) is 22.5 Å². The van der Waals surface area contributed by atoms with Crippen molar-refractivity contribution in [3.05, 3.63) is 35.2 Å². The molecule has 3 aliphatic heterocycles. The van der Waals surface area contributed by atoms with Gasteiger partial charge >= 0.3 is 0 Å². The number of carbonyl (C=O) groups excluding carboxylic acids is 4. The molecule has 0 aliphatic carbocycles. The van der Waals surface area contributed by atoms with E-state index in [2.05, 4.69) is 0 Å². The summed E-state index contributed by atoms with van der Waals surface area (Å²) in [5.74, 6) is 0.507. The van der Waals surface area contributed by atoms with Crippen LogP contribution in [0.2, 0.25) is 0 Å². The van der Waals surface area contributed by atoms with Crippen LogP contribution in [0.5, 0.6) is 11.5 Å². The van der Waals surface area contributed by atoms with E-state index in [0.717, 1.165) is 21.1 Å². The maximum atomic E-state index is 13.0. The van der Waals surface area contributed by atoms with Crippen LogP contribution in [0.4, 0.5) is 0 Å². The Morgan fingerprint density at radius 2 is 1.52 bits per heavy atom. The van der Waals surface area contributed by atoms with Gasteiger partial charge in [0.15, 0.2) is 11.5 Å². The second kappa shape index (κ2) is 8.86. The summed E-state index contributed by atoms with van der Waals surface area (Å²) in [4.78, 5) is 55.0. The van der Waals surface area contributed by atoms with Gasteiger partial charge in [-0.2, -0.15) is 0 Å². The third-order valence-electron chi connectivity index (χ3n) is 6.01. The SMILES string of the molecule is O=C(CN1C(=O)CCC1=O)N1CCN(C(=O)c2ccc(-c3ccc4c(c3)OCCO4)s2)CC1. The predicted molar refractivity (Wildman–Crippen MR) is 119 cm³/mol. The second-order valence-corrected chi connectivity index (χ2v) is 9.15. The van der Waals surface area contributed by atoms with E-state index in [0.29, 0.717) is 50.0 Å². The number of hydrogen-bond donors (Lipinski definition) is 0. The lowest BCUT2D eigenvalue weighted by Crippen LogP contribution is -2.53. The maximum absolute atomic E-state index is 13.0. The normalized spacial score (nSPS) is 18.1. The molecule has 0 spiro atoms. The number of benzene rings is 1. The highest BCUT2D eigenvalue weighted by Gasteiger charge is 2.33. The molecule has 0 unspecified atom stereocenters. The molecule has 2 fully saturated rings. The van der Waals surface area contributed by atoms with Crippen LogP contribution in [-0.4, -0.2) is 84.3 Å². The lowest BCUT2D eigenvalue weighted by atomic mass is 10.1. The molecular weight excluding hydrogens is 446 g/mol. The van der Waals surface area contributed by atoms with Crippen molar-refractivity contribution < 1.29 is 28.7 Å². The maximum Gasteiger partial charge on any atom is 0.264 e. The Morgan fingerprint density at radius 1 is 0.848 bits per heavy atom. The van der Waals surface area contributed by atoms with E-state index in [4.69, 9.17) is 9.47 Å². The smallest absolute Gasteiger partial charge is 0.264 e. The molecule has 4 heterocycles. The molecule has 3 aliphatic rings. The van der Waals surface area contributed by atoms with E-state index < -0.39 is 0 Å². The molecule has 10 heteroatoms. The molecule has 0 saturated carbocycles. The monoisotopic (exact) mass is 469 g/mol. The molecule has 0 radical (unpaired) electrons. The van der Waals surface area contributed by atoms with E-state index in [1.54, 1.807) is 9.80 Å². The zero-order valence-electron chi connectivity index (χ0n) is 18.0. The van der Waals surface area contributed by atoms with Crippen molar-refractivity contribution in [2.24, 2.45) is 0 Å². The molecular formula is C23H23N3O6S. The lowest BCUT2D eigenvalue weighted by Gasteiger charge is -2.35. The number of likely N-dealkylation sites (tertiary alicyclic amines) is 1. The molecule has 5 rings (SSSR count). The summed E-state index contributed by atoms with van der Waals surface area (Å²) in [5, 5.41) is 0. The van der Waals surface area contributed by atoms with Gasteiger partial charge < -0.3 is 19.3 Å². The van der Waals surface area contributed by atoms with Gasteiger partial charge in [-0.15, -0.1) is 11.3 Å². The highest BCUT2D eigenvalue weighted by molar-refractivity contribution is 7.17.